The second-order valence-electron chi connectivity index (χ2n) is 12.4. The number of rotatable bonds is 16. The first-order valence-electron chi connectivity index (χ1n) is 16.8. The van der Waals surface area contributed by atoms with E-state index in [2.05, 4.69) is 62.4 Å². The molecule has 4 N–H and O–H groups in total. The highest BCUT2D eigenvalue weighted by Gasteiger charge is 2.33. The van der Waals surface area contributed by atoms with Crippen LogP contribution in [0.2, 0.25) is 0 Å². The third-order valence-electron chi connectivity index (χ3n) is 8.65. The fourth-order valence-corrected chi connectivity index (χ4v) is 8.07. The summed E-state index contributed by atoms with van der Waals surface area (Å²) in [5.74, 6) is -0.200. The van der Waals surface area contributed by atoms with Gasteiger partial charge >= 0.3 is 0 Å². The van der Waals surface area contributed by atoms with E-state index in [9.17, 15) is 9.59 Å². The number of carbonyl (C=O) groups is 2. The average molecular weight is 651 g/mol. The number of fused-ring (bicyclic) bond motifs is 2. The van der Waals surface area contributed by atoms with Crippen LogP contribution in [0, 0.1) is 0 Å². The van der Waals surface area contributed by atoms with Crippen LogP contribution in [0.25, 0.3) is 0 Å². The van der Waals surface area contributed by atoms with Crippen molar-refractivity contribution in [3.05, 3.63) is 118 Å². The van der Waals surface area contributed by atoms with Crippen LogP contribution in [0.4, 0.5) is 0 Å². The zero-order valence-electron chi connectivity index (χ0n) is 27.1. The molecule has 46 heavy (non-hydrogen) atoms. The van der Waals surface area contributed by atoms with Gasteiger partial charge in [-0.15, -0.1) is 0 Å². The van der Waals surface area contributed by atoms with Gasteiger partial charge in [-0.3, -0.25) is 9.59 Å². The van der Waals surface area contributed by atoms with E-state index in [1.807, 2.05) is 24.3 Å². The first-order valence-corrected chi connectivity index (χ1v) is 18.4. The Balaban J connectivity index is 1.32. The van der Waals surface area contributed by atoms with E-state index in [0.717, 1.165) is 45.3 Å². The summed E-state index contributed by atoms with van der Waals surface area (Å²) >= 11 is 3.06. The van der Waals surface area contributed by atoms with Gasteiger partial charge < -0.3 is 11.5 Å². The van der Waals surface area contributed by atoms with Crippen molar-refractivity contribution >= 4 is 35.1 Å². The lowest BCUT2D eigenvalue weighted by Gasteiger charge is -2.22. The van der Waals surface area contributed by atoms with Gasteiger partial charge in [-0.2, -0.15) is 0 Å². The Bertz CT molecular complexity index is 1510. The van der Waals surface area contributed by atoms with Crippen LogP contribution in [-0.2, 0) is 12.8 Å². The van der Waals surface area contributed by atoms with Crippen molar-refractivity contribution in [3.8, 4) is 0 Å². The molecule has 4 nitrogen and oxygen atoms in total. The van der Waals surface area contributed by atoms with Crippen molar-refractivity contribution in [1.29, 1.82) is 0 Å². The first kappa shape index (κ1) is 34.2. The predicted molar refractivity (Wildman–Crippen MR) is 193 cm³/mol. The van der Waals surface area contributed by atoms with E-state index >= 15 is 0 Å². The summed E-state index contributed by atoms with van der Waals surface area (Å²) < 4.78 is 0. The lowest BCUT2D eigenvalue weighted by molar-refractivity contribution is 0.0974. The molecule has 240 valence electrons. The zero-order valence-corrected chi connectivity index (χ0v) is 28.7. The van der Waals surface area contributed by atoms with Crippen LogP contribution in [0.15, 0.2) is 105 Å². The molecule has 6 heteroatoms. The van der Waals surface area contributed by atoms with Crippen LogP contribution in [0.3, 0.4) is 0 Å². The molecule has 0 radical (unpaired) electrons. The molecule has 1 aliphatic rings. The number of hydrogen-bond donors (Lipinski definition) is 2. The standard InChI is InChI=1S/C40H46N2O2S2/c1-3-5-7-11-29(41)25-27-17-21-31(22-18-27)45-35-15-9-13-33-37(35)40(44)38-34(39(33)43)14-10-16-36(38)46-32-23-19-28(20-24-32)26-30(42)12-8-6-4-2/h9-10,13-24,29-30H,3-8,11-12,25-26,41-42H2,1-2H3. The summed E-state index contributed by atoms with van der Waals surface area (Å²) in [5, 5.41) is 0. The van der Waals surface area contributed by atoms with Gasteiger partial charge in [-0.25, -0.2) is 0 Å². The van der Waals surface area contributed by atoms with Gasteiger partial charge in [0, 0.05) is 53.9 Å². The number of carbonyl (C=O) groups excluding carboxylic acids is 2. The average Bonchev–Trinajstić information content (AvgIpc) is 3.05. The van der Waals surface area contributed by atoms with Gasteiger partial charge in [-0.1, -0.05) is 124 Å². The Morgan fingerprint density at radius 1 is 0.543 bits per heavy atom. The van der Waals surface area contributed by atoms with Crippen LogP contribution in [-0.4, -0.2) is 23.7 Å². The molecule has 2 unspecified atom stereocenters. The number of unbranched alkanes of at least 4 members (excludes halogenated alkanes) is 4. The maximum absolute atomic E-state index is 14.2. The lowest BCUT2D eigenvalue weighted by Crippen LogP contribution is -2.22. The van der Waals surface area contributed by atoms with E-state index < -0.39 is 0 Å². The van der Waals surface area contributed by atoms with Gasteiger partial charge in [0.2, 0.25) is 0 Å². The van der Waals surface area contributed by atoms with Crippen LogP contribution >= 0.6 is 23.5 Å². The minimum Gasteiger partial charge on any atom is -0.327 e. The molecule has 2 atom stereocenters. The molecule has 5 rings (SSSR count). The maximum Gasteiger partial charge on any atom is 0.196 e. The van der Waals surface area contributed by atoms with Crippen LogP contribution in [0.5, 0.6) is 0 Å². The Kier molecular flexibility index (Phi) is 12.3. The molecule has 0 aromatic heterocycles. The van der Waals surface area contributed by atoms with Crippen molar-refractivity contribution < 1.29 is 9.59 Å². The second-order valence-corrected chi connectivity index (χ2v) is 14.7. The molecule has 1 aliphatic carbocycles. The van der Waals surface area contributed by atoms with Crippen molar-refractivity contribution in [3.63, 3.8) is 0 Å². The molecule has 0 saturated carbocycles. The van der Waals surface area contributed by atoms with E-state index in [4.69, 9.17) is 11.5 Å². The monoisotopic (exact) mass is 650 g/mol. The predicted octanol–water partition coefficient (Wildman–Crippen LogP) is 9.66. The molecular weight excluding hydrogens is 605 g/mol. The fourth-order valence-electron chi connectivity index (χ4n) is 6.11. The maximum atomic E-state index is 14.2. The van der Waals surface area contributed by atoms with E-state index in [1.54, 1.807) is 12.1 Å². The van der Waals surface area contributed by atoms with Gasteiger partial charge in [-0.05, 0) is 73.2 Å². The van der Waals surface area contributed by atoms with E-state index in [-0.39, 0.29) is 23.7 Å². The zero-order chi connectivity index (χ0) is 32.5. The summed E-state index contributed by atoms with van der Waals surface area (Å²) in [6.07, 6.45) is 11.0. The Morgan fingerprint density at radius 3 is 1.35 bits per heavy atom. The van der Waals surface area contributed by atoms with Crippen LogP contribution < -0.4 is 11.5 Å². The highest BCUT2D eigenvalue weighted by Crippen LogP contribution is 2.41. The quantitative estimate of drug-likeness (QED) is 0.103. The number of ketones is 2. The summed E-state index contributed by atoms with van der Waals surface area (Å²) in [5.41, 5.74) is 17.1. The molecule has 4 aromatic carbocycles. The minimum absolute atomic E-state index is 0.0971. The third-order valence-corrected chi connectivity index (χ3v) is 10.8. The number of benzene rings is 4. The highest BCUT2D eigenvalue weighted by atomic mass is 32.2. The van der Waals surface area contributed by atoms with Gasteiger partial charge in [0.1, 0.15) is 0 Å². The third kappa shape index (κ3) is 8.60. The lowest BCUT2D eigenvalue weighted by atomic mass is 9.84. The molecule has 0 fully saturated rings. The first-order chi connectivity index (χ1) is 22.4. The SMILES string of the molecule is CCCCCC(N)Cc1ccc(Sc2cccc3c2C(=O)c2c(Sc4ccc(CC(N)CCCCC)cc4)cccc2C3=O)cc1. The van der Waals surface area contributed by atoms with Crippen molar-refractivity contribution in [2.45, 2.75) is 110 Å². The fraction of sp³-hybridized carbons (Fsp3) is 0.350. The molecule has 0 amide bonds. The molecule has 0 spiro atoms. The highest BCUT2D eigenvalue weighted by molar-refractivity contribution is 7.99. The smallest absolute Gasteiger partial charge is 0.196 e. The molecule has 0 aliphatic heterocycles. The molecule has 0 saturated heterocycles. The Morgan fingerprint density at radius 2 is 0.957 bits per heavy atom. The van der Waals surface area contributed by atoms with E-state index in [1.165, 1.54) is 73.2 Å². The van der Waals surface area contributed by atoms with Crippen molar-refractivity contribution in [1.82, 2.24) is 0 Å². The molecule has 4 aromatic rings. The van der Waals surface area contributed by atoms with Gasteiger partial charge in [0.25, 0.3) is 0 Å². The van der Waals surface area contributed by atoms with Crippen molar-refractivity contribution in [2.75, 3.05) is 0 Å². The van der Waals surface area contributed by atoms with Gasteiger partial charge in [0.05, 0.1) is 0 Å². The topological polar surface area (TPSA) is 86.2 Å². The normalized spacial score (nSPS) is 13.7. The minimum atomic E-state index is -0.102. The summed E-state index contributed by atoms with van der Waals surface area (Å²) in [6, 6.07) is 28.4. The molecule has 0 bridgehead atoms. The van der Waals surface area contributed by atoms with E-state index in [0.29, 0.717) is 22.3 Å². The van der Waals surface area contributed by atoms with Crippen LogP contribution in [0.1, 0.15) is 108 Å². The summed E-state index contributed by atoms with van der Waals surface area (Å²) in [4.78, 5) is 31.6. The summed E-state index contributed by atoms with van der Waals surface area (Å²) in [7, 11) is 0. The summed E-state index contributed by atoms with van der Waals surface area (Å²) in [6.45, 7) is 4.41. The van der Waals surface area contributed by atoms with Gasteiger partial charge in [0.15, 0.2) is 11.6 Å². The second kappa shape index (κ2) is 16.6. The van der Waals surface area contributed by atoms with Crippen molar-refractivity contribution in [2.24, 2.45) is 11.5 Å². The number of nitrogens with two attached hydrogens (primary N) is 2. The molecule has 0 heterocycles. The molecular formula is C40H46N2O2S2. The Labute approximate surface area is 283 Å². The Hall–Kier alpha value is -3.16. The number of hydrogen-bond acceptors (Lipinski definition) is 6. The largest absolute Gasteiger partial charge is 0.327 e.